The molecule has 2 atom stereocenters. The lowest BCUT2D eigenvalue weighted by atomic mass is 9.98. The second kappa shape index (κ2) is 6.18. The van der Waals surface area contributed by atoms with Gasteiger partial charge < -0.3 is 15.0 Å². The smallest absolute Gasteiger partial charge is 0.328 e. The van der Waals surface area contributed by atoms with Crippen LogP contribution < -0.4 is 5.32 Å². The molecular formula is C13H22N2O3. The van der Waals surface area contributed by atoms with E-state index < -0.39 is 0 Å². The van der Waals surface area contributed by atoms with E-state index in [9.17, 15) is 9.59 Å². The molecule has 0 aliphatic carbocycles. The molecule has 5 heteroatoms. The molecule has 0 bridgehead atoms. The molecule has 0 saturated carbocycles. The minimum Gasteiger partial charge on any atom is -0.467 e. The van der Waals surface area contributed by atoms with E-state index in [1.165, 1.54) is 7.11 Å². The third-order valence-corrected chi connectivity index (χ3v) is 3.87. The normalized spacial score (nSPS) is 28.8. The van der Waals surface area contributed by atoms with E-state index in [1.807, 2.05) is 0 Å². The molecule has 0 aromatic rings. The standard InChI is InChI=1S/C13H22N2O3/c1-18-13(17)11-7-3-5-9-15(11)12(16)10-6-2-4-8-14-10/h10-11,14H,2-9H2,1H3/t10-,11?/m1/s1. The Labute approximate surface area is 108 Å². The highest BCUT2D eigenvalue weighted by Crippen LogP contribution is 2.21. The van der Waals surface area contributed by atoms with Crippen molar-refractivity contribution in [2.24, 2.45) is 0 Å². The molecule has 1 unspecified atom stereocenters. The van der Waals surface area contributed by atoms with Gasteiger partial charge in [-0.05, 0) is 38.6 Å². The van der Waals surface area contributed by atoms with Gasteiger partial charge in [0, 0.05) is 6.54 Å². The summed E-state index contributed by atoms with van der Waals surface area (Å²) in [5.41, 5.74) is 0. The van der Waals surface area contributed by atoms with E-state index in [2.05, 4.69) is 5.32 Å². The van der Waals surface area contributed by atoms with Crippen LogP contribution in [0, 0.1) is 0 Å². The Morgan fingerprint density at radius 3 is 2.61 bits per heavy atom. The fourth-order valence-electron chi connectivity index (χ4n) is 2.84. The van der Waals surface area contributed by atoms with E-state index in [-0.39, 0.29) is 24.0 Å². The second-order valence-electron chi connectivity index (χ2n) is 5.07. The van der Waals surface area contributed by atoms with Crippen molar-refractivity contribution in [2.45, 2.75) is 50.6 Å². The number of carbonyl (C=O) groups excluding carboxylic acids is 2. The van der Waals surface area contributed by atoms with Crippen LogP contribution in [0.25, 0.3) is 0 Å². The van der Waals surface area contributed by atoms with Gasteiger partial charge >= 0.3 is 5.97 Å². The van der Waals surface area contributed by atoms with Crippen molar-refractivity contribution in [2.75, 3.05) is 20.2 Å². The molecule has 0 aromatic carbocycles. The minimum atomic E-state index is -0.375. The van der Waals surface area contributed by atoms with Crippen molar-refractivity contribution in [3.63, 3.8) is 0 Å². The van der Waals surface area contributed by atoms with Crippen molar-refractivity contribution < 1.29 is 14.3 Å². The average Bonchev–Trinajstić information content (AvgIpc) is 2.46. The Morgan fingerprint density at radius 1 is 1.17 bits per heavy atom. The maximum atomic E-state index is 12.4. The monoisotopic (exact) mass is 254 g/mol. The predicted molar refractivity (Wildman–Crippen MR) is 67.0 cm³/mol. The van der Waals surface area contributed by atoms with Gasteiger partial charge in [-0.25, -0.2) is 4.79 Å². The zero-order chi connectivity index (χ0) is 13.0. The first-order valence-electron chi connectivity index (χ1n) is 6.85. The van der Waals surface area contributed by atoms with Crippen LogP contribution in [0.15, 0.2) is 0 Å². The van der Waals surface area contributed by atoms with E-state index in [0.29, 0.717) is 6.54 Å². The number of nitrogens with one attached hydrogen (secondary N) is 1. The molecule has 2 fully saturated rings. The SMILES string of the molecule is COC(=O)C1CCCCN1C(=O)[C@H]1CCCCN1. The number of hydrogen-bond donors (Lipinski definition) is 1. The highest BCUT2D eigenvalue weighted by molar-refractivity contribution is 5.87. The highest BCUT2D eigenvalue weighted by Gasteiger charge is 2.36. The lowest BCUT2D eigenvalue weighted by molar-refractivity contribution is -0.155. The van der Waals surface area contributed by atoms with Crippen LogP contribution in [-0.2, 0) is 14.3 Å². The van der Waals surface area contributed by atoms with Gasteiger partial charge in [0.1, 0.15) is 6.04 Å². The van der Waals surface area contributed by atoms with Crippen LogP contribution in [0.3, 0.4) is 0 Å². The molecule has 2 heterocycles. The second-order valence-corrected chi connectivity index (χ2v) is 5.07. The van der Waals surface area contributed by atoms with Crippen LogP contribution in [0.5, 0.6) is 0 Å². The van der Waals surface area contributed by atoms with Gasteiger partial charge in [0.05, 0.1) is 13.2 Å². The molecule has 5 nitrogen and oxygen atoms in total. The van der Waals surface area contributed by atoms with Gasteiger partial charge in [-0.2, -0.15) is 0 Å². The van der Waals surface area contributed by atoms with Crippen molar-refractivity contribution in [1.29, 1.82) is 0 Å². The van der Waals surface area contributed by atoms with Crippen molar-refractivity contribution in [3.05, 3.63) is 0 Å². The van der Waals surface area contributed by atoms with Crippen LogP contribution >= 0.6 is 0 Å². The molecule has 18 heavy (non-hydrogen) atoms. The Morgan fingerprint density at radius 2 is 1.94 bits per heavy atom. The summed E-state index contributed by atoms with van der Waals surface area (Å²) < 4.78 is 4.80. The summed E-state index contributed by atoms with van der Waals surface area (Å²) in [5, 5.41) is 3.25. The summed E-state index contributed by atoms with van der Waals surface area (Å²) in [4.78, 5) is 25.9. The summed E-state index contributed by atoms with van der Waals surface area (Å²) in [5.74, 6) is -0.205. The number of esters is 1. The molecule has 1 amide bonds. The summed E-state index contributed by atoms with van der Waals surface area (Å²) >= 11 is 0. The summed E-state index contributed by atoms with van der Waals surface area (Å²) in [7, 11) is 1.39. The highest BCUT2D eigenvalue weighted by atomic mass is 16.5. The average molecular weight is 254 g/mol. The number of carbonyl (C=O) groups is 2. The van der Waals surface area contributed by atoms with Gasteiger partial charge in [-0.15, -0.1) is 0 Å². The fraction of sp³-hybridized carbons (Fsp3) is 0.846. The van der Waals surface area contributed by atoms with Crippen LogP contribution in [0.2, 0.25) is 0 Å². The number of hydrogen-bond acceptors (Lipinski definition) is 4. The number of amides is 1. The fourth-order valence-corrected chi connectivity index (χ4v) is 2.84. The van der Waals surface area contributed by atoms with Crippen molar-refractivity contribution >= 4 is 11.9 Å². The van der Waals surface area contributed by atoms with Gasteiger partial charge in [0.25, 0.3) is 0 Å². The third-order valence-electron chi connectivity index (χ3n) is 3.87. The molecule has 1 N–H and O–H groups in total. The lowest BCUT2D eigenvalue weighted by Gasteiger charge is -2.37. The summed E-state index contributed by atoms with van der Waals surface area (Å²) in [6.45, 7) is 1.57. The molecule has 2 rings (SSSR count). The number of ether oxygens (including phenoxy) is 1. The van der Waals surface area contributed by atoms with E-state index in [4.69, 9.17) is 4.74 Å². The molecule has 102 valence electrons. The number of piperidine rings is 2. The Balaban J connectivity index is 2.03. The van der Waals surface area contributed by atoms with Crippen molar-refractivity contribution in [3.8, 4) is 0 Å². The van der Waals surface area contributed by atoms with Gasteiger partial charge in [0.2, 0.25) is 5.91 Å². The largest absolute Gasteiger partial charge is 0.467 e. The quantitative estimate of drug-likeness (QED) is 0.736. The molecule has 0 spiro atoms. The lowest BCUT2D eigenvalue weighted by Crippen LogP contribution is -2.55. The number of nitrogens with zero attached hydrogens (tertiary/aromatic N) is 1. The molecular weight excluding hydrogens is 232 g/mol. The number of likely N-dealkylation sites (tertiary alicyclic amines) is 1. The Kier molecular flexibility index (Phi) is 4.58. The van der Waals surface area contributed by atoms with E-state index in [0.717, 1.165) is 45.1 Å². The van der Waals surface area contributed by atoms with E-state index >= 15 is 0 Å². The number of methoxy groups -OCH3 is 1. The molecule has 0 radical (unpaired) electrons. The topological polar surface area (TPSA) is 58.6 Å². The summed E-state index contributed by atoms with van der Waals surface area (Å²) in [6.07, 6.45) is 5.78. The molecule has 2 aliphatic rings. The first kappa shape index (κ1) is 13.3. The van der Waals surface area contributed by atoms with Crippen LogP contribution in [-0.4, -0.2) is 49.1 Å². The van der Waals surface area contributed by atoms with Gasteiger partial charge in [-0.1, -0.05) is 6.42 Å². The van der Waals surface area contributed by atoms with Gasteiger partial charge in [0.15, 0.2) is 0 Å². The predicted octanol–water partition coefficient (Wildman–Crippen LogP) is 0.683. The zero-order valence-corrected chi connectivity index (χ0v) is 11.0. The first-order chi connectivity index (χ1) is 8.74. The van der Waals surface area contributed by atoms with Gasteiger partial charge in [-0.3, -0.25) is 4.79 Å². The number of rotatable bonds is 2. The molecule has 2 aliphatic heterocycles. The minimum absolute atomic E-state index is 0.0739. The third kappa shape index (κ3) is 2.83. The Bertz CT molecular complexity index is 313. The van der Waals surface area contributed by atoms with E-state index in [1.54, 1.807) is 4.90 Å². The summed E-state index contributed by atoms with van der Waals surface area (Å²) in [6, 6.07) is -0.482. The van der Waals surface area contributed by atoms with Crippen molar-refractivity contribution in [1.82, 2.24) is 10.2 Å². The first-order valence-corrected chi connectivity index (χ1v) is 6.85. The van der Waals surface area contributed by atoms with Crippen LogP contribution in [0.1, 0.15) is 38.5 Å². The maximum Gasteiger partial charge on any atom is 0.328 e. The molecule has 2 saturated heterocycles. The van der Waals surface area contributed by atoms with Crippen LogP contribution in [0.4, 0.5) is 0 Å². The molecule has 0 aromatic heterocycles. The zero-order valence-electron chi connectivity index (χ0n) is 11.0. The maximum absolute atomic E-state index is 12.4. The Hall–Kier alpha value is -1.10.